The molecule has 22 heavy (non-hydrogen) atoms. The Hall–Kier alpha value is -1.86. The molecule has 1 aromatic rings. The molecule has 7 heteroatoms. The number of ether oxygens (including phenoxy) is 1. The van der Waals surface area contributed by atoms with Crippen molar-refractivity contribution < 1.29 is 19.4 Å². The Balaban J connectivity index is 2.10. The van der Waals surface area contributed by atoms with Crippen LogP contribution in [-0.4, -0.2) is 39.4 Å². The molecule has 0 radical (unpaired) electrons. The van der Waals surface area contributed by atoms with Gasteiger partial charge in [-0.2, -0.15) is 0 Å². The van der Waals surface area contributed by atoms with Gasteiger partial charge in [-0.1, -0.05) is 36.1 Å². The fourth-order valence-electron chi connectivity index (χ4n) is 1.87. The number of carboxylic acids is 1. The van der Waals surface area contributed by atoms with Gasteiger partial charge in [0.05, 0.1) is 17.9 Å². The average molecular weight is 337 g/mol. The Kier molecular flexibility index (Phi) is 5.57. The number of rotatable bonds is 6. The highest BCUT2D eigenvalue weighted by Gasteiger charge is 2.30. The SMILES string of the molecule is CCN1C(=O)/C(=C\c2cccc(OCCC(=O)O)c2)SC1=S. The second-order valence-electron chi connectivity index (χ2n) is 4.49. The molecule has 1 aliphatic rings. The van der Waals surface area contributed by atoms with E-state index in [1.807, 2.05) is 13.0 Å². The summed E-state index contributed by atoms with van der Waals surface area (Å²) in [4.78, 5) is 24.7. The Labute approximate surface area is 137 Å². The third-order valence-electron chi connectivity index (χ3n) is 2.93. The number of thioether (sulfide) groups is 1. The van der Waals surface area contributed by atoms with Gasteiger partial charge >= 0.3 is 5.97 Å². The molecular formula is C15H15NO4S2. The van der Waals surface area contributed by atoms with Crippen LogP contribution in [-0.2, 0) is 9.59 Å². The standard InChI is InChI=1S/C15H15NO4S2/c1-2-16-14(19)12(22-15(16)21)9-10-4-3-5-11(8-10)20-7-6-13(17)18/h3-5,8-9H,2,6-7H2,1H3,(H,17,18)/b12-9+. The molecule has 0 aromatic heterocycles. The van der Waals surface area contributed by atoms with Gasteiger partial charge in [0.15, 0.2) is 0 Å². The molecule has 1 aromatic carbocycles. The van der Waals surface area contributed by atoms with Crippen molar-refractivity contribution in [2.45, 2.75) is 13.3 Å². The van der Waals surface area contributed by atoms with Gasteiger partial charge < -0.3 is 9.84 Å². The zero-order valence-electron chi connectivity index (χ0n) is 11.9. The summed E-state index contributed by atoms with van der Waals surface area (Å²) >= 11 is 6.44. The zero-order valence-corrected chi connectivity index (χ0v) is 13.6. The summed E-state index contributed by atoms with van der Waals surface area (Å²) in [6, 6.07) is 7.15. The minimum absolute atomic E-state index is 0.0562. The second kappa shape index (κ2) is 7.42. The Morgan fingerprint density at radius 3 is 2.91 bits per heavy atom. The van der Waals surface area contributed by atoms with Crippen molar-refractivity contribution in [1.29, 1.82) is 0 Å². The first-order valence-corrected chi connectivity index (χ1v) is 7.93. The molecule has 0 saturated carbocycles. The fourth-order valence-corrected chi connectivity index (χ4v) is 3.26. The van der Waals surface area contributed by atoms with E-state index in [4.69, 9.17) is 22.1 Å². The molecule has 0 unspecified atom stereocenters. The molecule has 116 valence electrons. The molecule has 1 fully saturated rings. The van der Waals surface area contributed by atoms with Crippen LogP contribution >= 0.6 is 24.0 Å². The van der Waals surface area contributed by atoms with Gasteiger partial charge in [0, 0.05) is 6.54 Å². The third-order valence-corrected chi connectivity index (χ3v) is 4.31. The molecule has 0 atom stereocenters. The number of carbonyl (C=O) groups excluding carboxylic acids is 1. The van der Waals surface area contributed by atoms with Crippen molar-refractivity contribution in [3.8, 4) is 5.75 Å². The van der Waals surface area contributed by atoms with Crippen molar-refractivity contribution in [2.75, 3.05) is 13.2 Å². The number of benzene rings is 1. The number of amides is 1. The van der Waals surface area contributed by atoms with Crippen molar-refractivity contribution >= 4 is 46.3 Å². The summed E-state index contributed by atoms with van der Waals surface area (Å²) in [5.74, 6) is -0.421. The van der Waals surface area contributed by atoms with Crippen LogP contribution in [0.2, 0.25) is 0 Å². The zero-order chi connectivity index (χ0) is 16.1. The minimum atomic E-state index is -0.903. The fraction of sp³-hybridized carbons (Fsp3) is 0.267. The summed E-state index contributed by atoms with van der Waals surface area (Å²) in [6.45, 7) is 2.54. The highest BCUT2D eigenvalue weighted by molar-refractivity contribution is 8.26. The van der Waals surface area contributed by atoms with E-state index in [1.54, 1.807) is 29.2 Å². The van der Waals surface area contributed by atoms with Gasteiger partial charge in [-0.3, -0.25) is 14.5 Å². The van der Waals surface area contributed by atoms with Crippen LogP contribution in [0.3, 0.4) is 0 Å². The Bertz CT molecular complexity index is 642. The molecule has 1 N–H and O–H groups in total. The molecule has 5 nitrogen and oxygen atoms in total. The van der Waals surface area contributed by atoms with Gasteiger partial charge in [-0.25, -0.2) is 0 Å². The average Bonchev–Trinajstić information content (AvgIpc) is 2.73. The smallest absolute Gasteiger partial charge is 0.306 e. The van der Waals surface area contributed by atoms with Gasteiger partial charge in [0.2, 0.25) is 0 Å². The maximum absolute atomic E-state index is 12.1. The normalized spacial score (nSPS) is 16.4. The summed E-state index contributed by atoms with van der Waals surface area (Å²) < 4.78 is 5.94. The predicted octanol–water partition coefficient (Wildman–Crippen LogP) is 2.76. The lowest BCUT2D eigenvalue weighted by Crippen LogP contribution is -2.27. The molecule has 0 aliphatic carbocycles. The number of thiocarbonyl (C=S) groups is 1. The molecule has 1 aliphatic heterocycles. The third kappa shape index (κ3) is 4.08. The van der Waals surface area contributed by atoms with Crippen LogP contribution in [0.25, 0.3) is 6.08 Å². The number of nitrogens with zero attached hydrogens (tertiary/aromatic N) is 1. The summed E-state index contributed by atoms with van der Waals surface area (Å²) in [6.07, 6.45) is 1.71. The Morgan fingerprint density at radius 1 is 1.50 bits per heavy atom. The largest absolute Gasteiger partial charge is 0.493 e. The molecule has 0 bridgehead atoms. The van der Waals surface area contributed by atoms with Gasteiger partial charge in [-0.05, 0) is 30.7 Å². The van der Waals surface area contributed by atoms with Gasteiger partial charge in [0.25, 0.3) is 5.91 Å². The predicted molar refractivity (Wildman–Crippen MR) is 89.7 cm³/mol. The van der Waals surface area contributed by atoms with Crippen molar-refractivity contribution in [2.24, 2.45) is 0 Å². The van der Waals surface area contributed by atoms with E-state index in [1.165, 1.54) is 11.8 Å². The monoisotopic (exact) mass is 337 g/mol. The highest BCUT2D eigenvalue weighted by atomic mass is 32.2. The summed E-state index contributed by atoms with van der Waals surface area (Å²) in [5.41, 5.74) is 0.810. The highest BCUT2D eigenvalue weighted by Crippen LogP contribution is 2.32. The molecule has 1 saturated heterocycles. The van der Waals surface area contributed by atoms with Crippen LogP contribution in [0.5, 0.6) is 5.75 Å². The lowest BCUT2D eigenvalue weighted by Gasteiger charge is -2.09. The maximum atomic E-state index is 12.1. The van der Waals surface area contributed by atoms with E-state index in [0.717, 1.165) is 5.56 Å². The quantitative estimate of drug-likeness (QED) is 0.636. The van der Waals surface area contributed by atoms with Crippen molar-refractivity contribution in [3.63, 3.8) is 0 Å². The molecule has 0 spiro atoms. The van der Waals surface area contributed by atoms with E-state index in [-0.39, 0.29) is 18.9 Å². The van der Waals surface area contributed by atoms with Crippen LogP contribution in [0.15, 0.2) is 29.2 Å². The van der Waals surface area contributed by atoms with E-state index in [2.05, 4.69) is 0 Å². The first kappa shape index (κ1) is 16.5. The number of hydrogen-bond acceptors (Lipinski definition) is 5. The maximum Gasteiger partial charge on any atom is 0.306 e. The minimum Gasteiger partial charge on any atom is -0.493 e. The van der Waals surface area contributed by atoms with Crippen LogP contribution in [0.1, 0.15) is 18.9 Å². The summed E-state index contributed by atoms with van der Waals surface area (Å²) in [5, 5.41) is 8.59. The number of carboxylic acid groups (broad SMARTS) is 1. The number of aliphatic carboxylic acids is 1. The molecule has 2 rings (SSSR count). The number of likely N-dealkylation sites (N-methyl/N-ethyl adjacent to an activating group) is 1. The first-order valence-electron chi connectivity index (χ1n) is 6.71. The number of hydrogen-bond donors (Lipinski definition) is 1. The Morgan fingerprint density at radius 2 is 2.27 bits per heavy atom. The topological polar surface area (TPSA) is 66.8 Å². The van der Waals surface area contributed by atoms with Crippen molar-refractivity contribution in [3.05, 3.63) is 34.7 Å². The van der Waals surface area contributed by atoms with Gasteiger partial charge in [-0.15, -0.1) is 0 Å². The molecule has 1 heterocycles. The van der Waals surface area contributed by atoms with E-state index in [0.29, 0.717) is 21.5 Å². The lowest BCUT2D eigenvalue weighted by atomic mass is 10.2. The second-order valence-corrected chi connectivity index (χ2v) is 6.17. The lowest BCUT2D eigenvalue weighted by molar-refractivity contribution is -0.137. The van der Waals surface area contributed by atoms with E-state index in [9.17, 15) is 9.59 Å². The van der Waals surface area contributed by atoms with Crippen LogP contribution in [0.4, 0.5) is 0 Å². The van der Waals surface area contributed by atoms with E-state index < -0.39 is 5.97 Å². The van der Waals surface area contributed by atoms with E-state index >= 15 is 0 Å². The van der Waals surface area contributed by atoms with Crippen molar-refractivity contribution in [1.82, 2.24) is 4.90 Å². The molecular weight excluding hydrogens is 322 g/mol. The molecule has 1 amide bonds. The summed E-state index contributed by atoms with van der Waals surface area (Å²) in [7, 11) is 0. The van der Waals surface area contributed by atoms with Crippen LogP contribution < -0.4 is 4.74 Å². The first-order chi connectivity index (χ1) is 10.5. The number of carbonyl (C=O) groups is 2. The van der Waals surface area contributed by atoms with Gasteiger partial charge in [0.1, 0.15) is 10.1 Å². The van der Waals surface area contributed by atoms with Crippen LogP contribution in [0, 0.1) is 0 Å².